The molecule has 102 valence electrons. The largest absolute Gasteiger partial charge is 0.478 e. The fourth-order valence-corrected chi connectivity index (χ4v) is 1.79. The molecule has 0 aliphatic rings. The Bertz CT molecular complexity index is 554. The topological polar surface area (TPSA) is 67.2 Å². The molecule has 0 radical (unpaired) electrons. The lowest BCUT2D eigenvalue weighted by atomic mass is 10.1. The van der Waals surface area contributed by atoms with Crippen molar-refractivity contribution in [3.8, 4) is 0 Å². The van der Waals surface area contributed by atoms with E-state index in [2.05, 4.69) is 10.4 Å². The average molecular weight is 282 g/mol. The number of carbonyl (C=O) groups is 1. The summed E-state index contributed by atoms with van der Waals surface area (Å²) in [6.07, 6.45) is 3.71. The number of carboxylic acid groups (broad SMARTS) is 1. The minimum absolute atomic E-state index is 0. The normalized spacial score (nSPS) is 9.95. The molecule has 1 aromatic carbocycles. The maximum atomic E-state index is 11.0. The highest BCUT2D eigenvalue weighted by atomic mass is 35.5. The van der Waals surface area contributed by atoms with Crippen molar-refractivity contribution in [2.75, 3.05) is 0 Å². The number of aryl methyl sites for hydroxylation is 1. The monoisotopic (exact) mass is 281 g/mol. The van der Waals surface area contributed by atoms with Gasteiger partial charge in [-0.25, -0.2) is 4.79 Å². The highest BCUT2D eigenvalue weighted by molar-refractivity contribution is 5.89. The van der Waals surface area contributed by atoms with E-state index in [9.17, 15) is 4.79 Å². The van der Waals surface area contributed by atoms with Gasteiger partial charge in [-0.2, -0.15) is 5.10 Å². The highest BCUT2D eigenvalue weighted by Crippen LogP contribution is 2.08. The van der Waals surface area contributed by atoms with E-state index in [1.165, 1.54) is 0 Å². The number of nitrogens with one attached hydrogen (secondary N) is 1. The molecule has 0 spiro atoms. The predicted octanol–water partition coefficient (Wildman–Crippen LogP) is 1.83. The van der Waals surface area contributed by atoms with Gasteiger partial charge in [0.1, 0.15) is 0 Å². The first-order valence-corrected chi connectivity index (χ1v) is 5.66. The van der Waals surface area contributed by atoms with Gasteiger partial charge < -0.3 is 10.4 Å². The lowest BCUT2D eigenvalue weighted by Crippen LogP contribution is -2.15. The van der Waals surface area contributed by atoms with E-state index in [-0.39, 0.29) is 12.4 Å². The summed E-state index contributed by atoms with van der Waals surface area (Å²) in [5, 5.41) is 16.3. The van der Waals surface area contributed by atoms with E-state index < -0.39 is 5.97 Å². The first-order chi connectivity index (χ1) is 8.66. The summed E-state index contributed by atoms with van der Waals surface area (Å²) < 4.78 is 1.74. The van der Waals surface area contributed by atoms with Gasteiger partial charge in [-0.15, -0.1) is 12.4 Å². The molecule has 19 heavy (non-hydrogen) atoms. The molecule has 6 heteroatoms. The van der Waals surface area contributed by atoms with Crippen LogP contribution in [0.25, 0.3) is 0 Å². The smallest absolute Gasteiger partial charge is 0.336 e. The summed E-state index contributed by atoms with van der Waals surface area (Å²) in [5.41, 5.74) is 2.20. The molecule has 2 rings (SSSR count). The third kappa shape index (κ3) is 4.08. The van der Waals surface area contributed by atoms with Crippen molar-refractivity contribution < 1.29 is 9.90 Å². The van der Waals surface area contributed by atoms with Gasteiger partial charge in [-0.05, 0) is 11.6 Å². The third-order valence-electron chi connectivity index (χ3n) is 2.65. The molecule has 0 fully saturated rings. The van der Waals surface area contributed by atoms with Crippen LogP contribution in [0.3, 0.4) is 0 Å². The number of rotatable bonds is 5. The van der Waals surface area contributed by atoms with Gasteiger partial charge in [0.15, 0.2) is 0 Å². The molecule has 0 saturated carbocycles. The Labute approximate surface area is 117 Å². The average Bonchev–Trinajstić information content (AvgIpc) is 2.75. The van der Waals surface area contributed by atoms with Crippen molar-refractivity contribution in [2.24, 2.45) is 7.05 Å². The van der Waals surface area contributed by atoms with Crippen molar-refractivity contribution in [3.05, 3.63) is 53.3 Å². The van der Waals surface area contributed by atoms with Crippen molar-refractivity contribution in [1.82, 2.24) is 15.1 Å². The zero-order valence-corrected chi connectivity index (χ0v) is 11.4. The number of hydrogen-bond donors (Lipinski definition) is 2. The number of halogens is 1. The Morgan fingerprint density at radius 2 is 2.11 bits per heavy atom. The summed E-state index contributed by atoms with van der Waals surface area (Å²) in [4.78, 5) is 11.0. The van der Waals surface area contributed by atoms with Crippen molar-refractivity contribution >= 4 is 18.4 Å². The van der Waals surface area contributed by atoms with Crippen LogP contribution >= 0.6 is 12.4 Å². The second-order valence-corrected chi connectivity index (χ2v) is 4.09. The molecule has 0 bridgehead atoms. The fraction of sp³-hybridized carbons (Fsp3) is 0.231. The number of hydrogen-bond acceptors (Lipinski definition) is 3. The number of benzene rings is 1. The molecule has 0 amide bonds. The molecule has 0 unspecified atom stereocenters. The summed E-state index contributed by atoms with van der Waals surface area (Å²) >= 11 is 0. The zero-order chi connectivity index (χ0) is 13.0. The fourth-order valence-electron chi connectivity index (χ4n) is 1.79. The molecule has 2 aromatic rings. The second-order valence-electron chi connectivity index (χ2n) is 4.09. The minimum atomic E-state index is -0.895. The van der Waals surface area contributed by atoms with Crippen molar-refractivity contribution in [1.29, 1.82) is 0 Å². The van der Waals surface area contributed by atoms with Gasteiger partial charge in [-0.1, -0.05) is 18.2 Å². The van der Waals surface area contributed by atoms with Crippen molar-refractivity contribution in [3.63, 3.8) is 0 Å². The van der Waals surface area contributed by atoms with Crippen LogP contribution in [-0.2, 0) is 20.1 Å². The Kier molecular flexibility index (Phi) is 5.54. The van der Waals surface area contributed by atoms with E-state index in [4.69, 9.17) is 5.11 Å². The standard InChI is InChI=1S/C13H15N3O2.ClH/c1-16-9-10(7-15-16)6-14-8-11-4-2-3-5-12(11)13(17)18;/h2-5,7,9,14H,6,8H2,1H3,(H,17,18);1H. The van der Waals surface area contributed by atoms with E-state index in [1.807, 2.05) is 25.4 Å². The van der Waals surface area contributed by atoms with E-state index in [0.717, 1.165) is 11.1 Å². The zero-order valence-electron chi connectivity index (χ0n) is 10.5. The lowest BCUT2D eigenvalue weighted by molar-refractivity contribution is 0.0695. The van der Waals surface area contributed by atoms with Crippen LogP contribution in [0.5, 0.6) is 0 Å². The number of carboxylic acids is 1. The molecule has 5 nitrogen and oxygen atoms in total. The lowest BCUT2D eigenvalue weighted by Gasteiger charge is -2.06. The van der Waals surface area contributed by atoms with E-state index in [0.29, 0.717) is 18.7 Å². The molecule has 2 N–H and O–H groups in total. The van der Waals surface area contributed by atoms with Gasteiger partial charge in [-0.3, -0.25) is 4.68 Å². The van der Waals surface area contributed by atoms with Crippen LogP contribution in [0.1, 0.15) is 21.5 Å². The van der Waals surface area contributed by atoms with Crippen LogP contribution in [0.4, 0.5) is 0 Å². The number of aromatic carboxylic acids is 1. The van der Waals surface area contributed by atoms with Crippen LogP contribution in [0.2, 0.25) is 0 Å². The SMILES string of the molecule is Cl.Cn1cc(CNCc2ccccc2C(=O)O)cn1. The first-order valence-electron chi connectivity index (χ1n) is 5.66. The van der Waals surface area contributed by atoms with Crippen LogP contribution in [0, 0.1) is 0 Å². The van der Waals surface area contributed by atoms with Crippen LogP contribution in [0.15, 0.2) is 36.7 Å². The van der Waals surface area contributed by atoms with Gasteiger partial charge in [0.2, 0.25) is 0 Å². The molecule has 0 aliphatic carbocycles. The van der Waals surface area contributed by atoms with E-state index in [1.54, 1.807) is 23.0 Å². The maximum absolute atomic E-state index is 11.0. The Morgan fingerprint density at radius 1 is 1.37 bits per heavy atom. The van der Waals surface area contributed by atoms with Gasteiger partial charge in [0.05, 0.1) is 11.8 Å². The van der Waals surface area contributed by atoms with E-state index >= 15 is 0 Å². The van der Waals surface area contributed by atoms with Gasteiger partial charge in [0.25, 0.3) is 0 Å². The van der Waals surface area contributed by atoms with Gasteiger partial charge in [0, 0.05) is 31.9 Å². The Balaban J connectivity index is 0.00000180. The summed E-state index contributed by atoms with van der Waals surface area (Å²) in [6, 6.07) is 7.00. The predicted molar refractivity (Wildman–Crippen MR) is 74.4 cm³/mol. The molecule has 0 atom stereocenters. The third-order valence-corrected chi connectivity index (χ3v) is 2.65. The Morgan fingerprint density at radius 3 is 2.74 bits per heavy atom. The number of nitrogens with zero attached hydrogens (tertiary/aromatic N) is 2. The molecule has 1 aromatic heterocycles. The molecular weight excluding hydrogens is 266 g/mol. The Hall–Kier alpha value is -1.85. The minimum Gasteiger partial charge on any atom is -0.478 e. The second kappa shape index (κ2) is 6.92. The summed E-state index contributed by atoms with van der Waals surface area (Å²) in [6.45, 7) is 1.19. The van der Waals surface area contributed by atoms with Crippen LogP contribution < -0.4 is 5.32 Å². The first kappa shape index (κ1) is 15.2. The quantitative estimate of drug-likeness (QED) is 0.877. The highest BCUT2D eigenvalue weighted by Gasteiger charge is 2.08. The van der Waals surface area contributed by atoms with Gasteiger partial charge >= 0.3 is 5.97 Å². The summed E-state index contributed by atoms with van der Waals surface area (Å²) in [7, 11) is 1.86. The van der Waals surface area contributed by atoms with Crippen LogP contribution in [-0.4, -0.2) is 20.9 Å². The molecule has 0 saturated heterocycles. The van der Waals surface area contributed by atoms with Crippen molar-refractivity contribution in [2.45, 2.75) is 13.1 Å². The molecule has 0 aliphatic heterocycles. The summed E-state index contributed by atoms with van der Waals surface area (Å²) in [5.74, 6) is -0.895. The molecule has 1 heterocycles. The molecular formula is C13H16ClN3O2. The maximum Gasteiger partial charge on any atom is 0.336 e. The number of aromatic nitrogens is 2.